The Balaban J connectivity index is 2.33. The quantitative estimate of drug-likeness (QED) is 0.826. The highest BCUT2D eigenvalue weighted by Gasteiger charge is 2.34. The molecule has 1 N–H and O–H groups in total. The van der Waals surface area contributed by atoms with E-state index in [9.17, 15) is 5.11 Å². The fourth-order valence-electron chi connectivity index (χ4n) is 2.93. The van der Waals surface area contributed by atoms with Crippen molar-refractivity contribution in [3.63, 3.8) is 0 Å². The Kier molecular flexibility index (Phi) is 3.20. The first kappa shape index (κ1) is 11.5. The second kappa shape index (κ2) is 4.46. The molecule has 1 aliphatic heterocycles. The molecule has 0 aromatic heterocycles. The van der Waals surface area contributed by atoms with Gasteiger partial charge in [-0.3, -0.25) is 0 Å². The second-order valence-electron chi connectivity index (χ2n) is 5.03. The molecule has 0 spiro atoms. The Hall–Kier alpha value is -1.02. The predicted molar refractivity (Wildman–Crippen MR) is 66.8 cm³/mol. The lowest BCUT2D eigenvalue weighted by Gasteiger charge is -2.41. The second-order valence-corrected chi connectivity index (χ2v) is 5.03. The molecule has 1 aromatic rings. The van der Waals surface area contributed by atoms with Crippen molar-refractivity contribution >= 4 is 0 Å². The standard InChI is InChI=1S/C14H21NO/c1-3-14(8-5-9-15(2)11-14)12-6-4-7-13(16)10-12/h4,6-7,10,16H,3,5,8-9,11H2,1-2H3/t14-/m1/s1. The van der Waals surface area contributed by atoms with Gasteiger partial charge < -0.3 is 10.0 Å². The molecule has 0 saturated carbocycles. The van der Waals surface area contributed by atoms with Crippen molar-refractivity contribution in [3.8, 4) is 5.75 Å². The highest BCUT2D eigenvalue weighted by molar-refractivity contribution is 5.33. The molecule has 2 rings (SSSR count). The number of nitrogens with zero attached hydrogens (tertiary/aromatic N) is 1. The number of piperidine rings is 1. The van der Waals surface area contributed by atoms with Gasteiger partial charge in [0.2, 0.25) is 0 Å². The van der Waals surface area contributed by atoms with Gasteiger partial charge in [-0.2, -0.15) is 0 Å². The summed E-state index contributed by atoms with van der Waals surface area (Å²) in [5.74, 6) is 0.388. The molecule has 88 valence electrons. The fourth-order valence-corrected chi connectivity index (χ4v) is 2.93. The number of hydrogen-bond donors (Lipinski definition) is 1. The van der Waals surface area contributed by atoms with Gasteiger partial charge >= 0.3 is 0 Å². The number of hydrogen-bond acceptors (Lipinski definition) is 2. The van der Waals surface area contributed by atoms with Crippen LogP contribution >= 0.6 is 0 Å². The minimum atomic E-state index is 0.242. The van der Waals surface area contributed by atoms with Crippen LogP contribution in [-0.4, -0.2) is 30.1 Å². The van der Waals surface area contributed by atoms with Crippen molar-refractivity contribution in [1.82, 2.24) is 4.90 Å². The molecule has 0 radical (unpaired) electrons. The molecule has 2 heteroatoms. The van der Waals surface area contributed by atoms with E-state index in [1.54, 1.807) is 6.07 Å². The number of phenolic OH excluding ortho intramolecular Hbond substituents is 1. The average molecular weight is 219 g/mol. The normalized spacial score (nSPS) is 26.9. The summed E-state index contributed by atoms with van der Waals surface area (Å²) in [6, 6.07) is 7.79. The largest absolute Gasteiger partial charge is 0.508 e. The van der Waals surface area contributed by atoms with Crippen molar-refractivity contribution < 1.29 is 5.11 Å². The number of phenols is 1. The van der Waals surface area contributed by atoms with Crippen molar-refractivity contribution in [2.75, 3.05) is 20.1 Å². The summed E-state index contributed by atoms with van der Waals surface area (Å²) < 4.78 is 0. The highest BCUT2D eigenvalue weighted by Crippen LogP contribution is 2.37. The number of aromatic hydroxyl groups is 1. The summed E-state index contributed by atoms with van der Waals surface area (Å²) in [5, 5.41) is 9.61. The van der Waals surface area contributed by atoms with Crippen LogP contribution in [-0.2, 0) is 5.41 Å². The zero-order valence-electron chi connectivity index (χ0n) is 10.2. The Morgan fingerprint density at radius 1 is 1.44 bits per heavy atom. The fraction of sp³-hybridized carbons (Fsp3) is 0.571. The molecular weight excluding hydrogens is 198 g/mol. The zero-order valence-corrected chi connectivity index (χ0v) is 10.2. The molecule has 1 saturated heterocycles. The first-order valence-electron chi connectivity index (χ1n) is 6.14. The van der Waals surface area contributed by atoms with Gasteiger partial charge in [0, 0.05) is 12.0 Å². The summed E-state index contributed by atoms with van der Waals surface area (Å²) in [6.45, 7) is 4.55. The van der Waals surface area contributed by atoms with Gasteiger partial charge in [0.05, 0.1) is 0 Å². The molecule has 0 unspecified atom stereocenters. The number of rotatable bonds is 2. The molecule has 0 bridgehead atoms. The maximum absolute atomic E-state index is 9.61. The zero-order chi connectivity index (χ0) is 11.6. The van der Waals surface area contributed by atoms with Crippen molar-refractivity contribution in [1.29, 1.82) is 0 Å². The summed E-state index contributed by atoms with van der Waals surface area (Å²) in [6.07, 6.45) is 3.62. The Bertz CT molecular complexity index is 364. The van der Waals surface area contributed by atoms with E-state index in [1.165, 1.54) is 24.9 Å². The lowest BCUT2D eigenvalue weighted by atomic mass is 9.72. The van der Waals surface area contributed by atoms with Crippen molar-refractivity contribution in [2.24, 2.45) is 0 Å². The number of likely N-dealkylation sites (N-methyl/N-ethyl adjacent to an activating group) is 1. The summed E-state index contributed by atoms with van der Waals surface area (Å²) in [7, 11) is 2.19. The SMILES string of the molecule is CC[C@@]1(c2cccc(O)c2)CCCN(C)C1. The first-order valence-corrected chi connectivity index (χ1v) is 6.14. The van der Waals surface area contributed by atoms with Crippen molar-refractivity contribution in [3.05, 3.63) is 29.8 Å². The molecule has 1 atom stereocenters. The number of likely N-dealkylation sites (tertiary alicyclic amines) is 1. The molecule has 0 amide bonds. The maximum Gasteiger partial charge on any atom is 0.115 e. The Labute approximate surface area is 97.9 Å². The van der Waals surface area contributed by atoms with Gasteiger partial charge in [-0.15, -0.1) is 0 Å². The van der Waals surface area contributed by atoms with Crippen molar-refractivity contribution in [2.45, 2.75) is 31.6 Å². The maximum atomic E-state index is 9.61. The molecule has 1 fully saturated rings. The summed E-state index contributed by atoms with van der Waals surface area (Å²) in [5.41, 5.74) is 1.53. The molecule has 1 aliphatic rings. The smallest absolute Gasteiger partial charge is 0.115 e. The van der Waals surface area contributed by atoms with Gasteiger partial charge in [-0.05, 0) is 50.6 Å². The number of benzene rings is 1. The summed E-state index contributed by atoms with van der Waals surface area (Å²) in [4.78, 5) is 2.40. The van der Waals surface area contributed by atoms with Crippen LogP contribution in [0.5, 0.6) is 5.75 Å². The van der Waals surface area contributed by atoms with Crippen LogP contribution in [0.3, 0.4) is 0 Å². The third-order valence-electron chi connectivity index (χ3n) is 3.90. The molecule has 0 aliphatic carbocycles. The van der Waals surface area contributed by atoms with E-state index in [2.05, 4.69) is 24.9 Å². The molecular formula is C14H21NO. The predicted octanol–water partition coefficient (Wildman–Crippen LogP) is 2.77. The third kappa shape index (κ3) is 2.07. The van der Waals surface area contributed by atoms with Crippen LogP contribution in [0.25, 0.3) is 0 Å². The highest BCUT2D eigenvalue weighted by atomic mass is 16.3. The molecule has 1 heterocycles. The average Bonchev–Trinajstić information content (AvgIpc) is 2.29. The van der Waals surface area contributed by atoms with Crippen LogP contribution in [0, 0.1) is 0 Å². The van der Waals surface area contributed by atoms with Gasteiger partial charge in [-0.1, -0.05) is 19.1 Å². The van der Waals surface area contributed by atoms with Gasteiger partial charge in [0.1, 0.15) is 5.75 Å². The molecule has 2 nitrogen and oxygen atoms in total. The van der Waals surface area contributed by atoms with Crippen LogP contribution < -0.4 is 0 Å². The lowest BCUT2D eigenvalue weighted by Crippen LogP contribution is -2.43. The van der Waals surface area contributed by atoms with E-state index in [1.807, 2.05) is 12.1 Å². The van der Waals surface area contributed by atoms with Crippen LogP contribution in [0.1, 0.15) is 31.7 Å². The Morgan fingerprint density at radius 3 is 2.88 bits per heavy atom. The minimum absolute atomic E-state index is 0.242. The van der Waals surface area contributed by atoms with Gasteiger partial charge in [0.25, 0.3) is 0 Å². The van der Waals surface area contributed by atoms with E-state index in [0.29, 0.717) is 5.75 Å². The molecule has 16 heavy (non-hydrogen) atoms. The first-order chi connectivity index (χ1) is 7.66. The van der Waals surface area contributed by atoms with E-state index in [-0.39, 0.29) is 5.41 Å². The monoisotopic (exact) mass is 219 g/mol. The van der Waals surface area contributed by atoms with E-state index >= 15 is 0 Å². The van der Waals surface area contributed by atoms with E-state index in [0.717, 1.165) is 13.0 Å². The van der Waals surface area contributed by atoms with Crippen LogP contribution in [0.4, 0.5) is 0 Å². The van der Waals surface area contributed by atoms with Gasteiger partial charge in [0.15, 0.2) is 0 Å². The van der Waals surface area contributed by atoms with Crippen LogP contribution in [0.2, 0.25) is 0 Å². The lowest BCUT2D eigenvalue weighted by molar-refractivity contribution is 0.170. The van der Waals surface area contributed by atoms with Gasteiger partial charge in [-0.25, -0.2) is 0 Å². The Morgan fingerprint density at radius 2 is 2.25 bits per heavy atom. The third-order valence-corrected chi connectivity index (χ3v) is 3.90. The summed E-state index contributed by atoms with van der Waals surface area (Å²) >= 11 is 0. The minimum Gasteiger partial charge on any atom is -0.508 e. The molecule has 1 aromatic carbocycles. The topological polar surface area (TPSA) is 23.5 Å². The van der Waals surface area contributed by atoms with E-state index < -0.39 is 0 Å². The van der Waals surface area contributed by atoms with E-state index in [4.69, 9.17) is 0 Å². The van der Waals surface area contributed by atoms with Crippen LogP contribution in [0.15, 0.2) is 24.3 Å².